The van der Waals surface area contributed by atoms with E-state index in [1.54, 1.807) is 7.11 Å². The van der Waals surface area contributed by atoms with Crippen molar-refractivity contribution in [2.45, 2.75) is 46.5 Å². The summed E-state index contributed by atoms with van der Waals surface area (Å²) in [6, 6.07) is 8.43. The van der Waals surface area contributed by atoms with Gasteiger partial charge in [0.1, 0.15) is 5.75 Å². The van der Waals surface area contributed by atoms with E-state index in [0.29, 0.717) is 5.92 Å². The average Bonchev–Trinajstić information content (AvgIpc) is 2.49. The fourth-order valence-corrected chi connectivity index (χ4v) is 2.98. The molecule has 0 amide bonds. The van der Waals surface area contributed by atoms with Crippen molar-refractivity contribution in [2.24, 2.45) is 11.8 Å². The SMILES string of the molecule is CCCNCC(Cc1ccccc1OC)C(CC)CC. The van der Waals surface area contributed by atoms with Crippen LogP contribution in [0, 0.1) is 11.8 Å². The van der Waals surface area contributed by atoms with Crippen molar-refractivity contribution >= 4 is 0 Å². The molecule has 0 saturated carbocycles. The van der Waals surface area contributed by atoms with Crippen molar-refractivity contribution in [1.82, 2.24) is 5.32 Å². The van der Waals surface area contributed by atoms with Crippen LogP contribution in [0.1, 0.15) is 45.6 Å². The molecular formula is C18H31NO. The first-order valence-electron chi connectivity index (χ1n) is 8.09. The van der Waals surface area contributed by atoms with Crippen molar-refractivity contribution in [1.29, 1.82) is 0 Å². The van der Waals surface area contributed by atoms with E-state index in [1.807, 2.05) is 6.07 Å². The Morgan fingerprint density at radius 3 is 2.35 bits per heavy atom. The zero-order valence-corrected chi connectivity index (χ0v) is 13.6. The third-order valence-corrected chi connectivity index (χ3v) is 4.22. The molecule has 0 aliphatic heterocycles. The molecular weight excluding hydrogens is 246 g/mol. The van der Waals surface area contributed by atoms with Gasteiger partial charge in [0.15, 0.2) is 0 Å². The van der Waals surface area contributed by atoms with Crippen LogP contribution in [0.2, 0.25) is 0 Å². The third kappa shape index (κ3) is 5.16. The van der Waals surface area contributed by atoms with E-state index in [-0.39, 0.29) is 0 Å². The highest BCUT2D eigenvalue weighted by molar-refractivity contribution is 5.33. The molecule has 1 rings (SSSR count). The van der Waals surface area contributed by atoms with Crippen LogP contribution in [-0.2, 0) is 6.42 Å². The zero-order valence-electron chi connectivity index (χ0n) is 13.6. The van der Waals surface area contributed by atoms with Crippen LogP contribution in [0.15, 0.2) is 24.3 Å². The van der Waals surface area contributed by atoms with Gasteiger partial charge in [-0.15, -0.1) is 0 Å². The lowest BCUT2D eigenvalue weighted by molar-refractivity contribution is 0.294. The highest BCUT2D eigenvalue weighted by Gasteiger charge is 2.20. The fraction of sp³-hybridized carbons (Fsp3) is 0.667. The van der Waals surface area contributed by atoms with Gasteiger partial charge in [-0.25, -0.2) is 0 Å². The molecule has 0 aliphatic rings. The largest absolute Gasteiger partial charge is 0.496 e. The van der Waals surface area contributed by atoms with Crippen molar-refractivity contribution in [3.63, 3.8) is 0 Å². The van der Waals surface area contributed by atoms with Gasteiger partial charge in [0.25, 0.3) is 0 Å². The monoisotopic (exact) mass is 277 g/mol. The first-order valence-corrected chi connectivity index (χ1v) is 8.09. The minimum absolute atomic E-state index is 0.688. The van der Waals surface area contributed by atoms with Crippen molar-refractivity contribution in [2.75, 3.05) is 20.2 Å². The molecule has 0 bridgehead atoms. The maximum Gasteiger partial charge on any atom is 0.122 e. The van der Waals surface area contributed by atoms with Crippen LogP contribution in [0.5, 0.6) is 5.75 Å². The second-order valence-electron chi connectivity index (χ2n) is 5.56. The first kappa shape index (κ1) is 17.0. The van der Waals surface area contributed by atoms with E-state index >= 15 is 0 Å². The number of benzene rings is 1. The number of hydrogen-bond donors (Lipinski definition) is 1. The molecule has 0 aliphatic carbocycles. The molecule has 0 aromatic heterocycles. The Labute approximate surface area is 124 Å². The summed E-state index contributed by atoms with van der Waals surface area (Å²) in [6.07, 6.45) is 4.81. The minimum Gasteiger partial charge on any atom is -0.496 e. The molecule has 0 saturated heterocycles. The molecule has 114 valence electrons. The van der Waals surface area contributed by atoms with Crippen LogP contribution in [0.25, 0.3) is 0 Å². The normalized spacial score (nSPS) is 12.7. The van der Waals surface area contributed by atoms with Crippen LogP contribution < -0.4 is 10.1 Å². The molecule has 20 heavy (non-hydrogen) atoms. The number of para-hydroxylation sites is 1. The Morgan fingerprint density at radius 2 is 1.75 bits per heavy atom. The molecule has 2 nitrogen and oxygen atoms in total. The molecule has 0 spiro atoms. The first-order chi connectivity index (χ1) is 9.76. The van der Waals surface area contributed by atoms with Gasteiger partial charge < -0.3 is 10.1 Å². The maximum absolute atomic E-state index is 5.50. The Kier molecular flexibility index (Phi) is 8.36. The van der Waals surface area contributed by atoms with E-state index in [1.165, 1.54) is 24.8 Å². The van der Waals surface area contributed by atoms with E-state index in [0.717, 1.165) is 31.2 Å². The Hall–Kier alpha value is -1.02. The summed E-state index contributed by atoms with van der Waals surface area (Å²) in [4.78, 5) is 0. The number of nitrogens with one attached hydrogen (secondary N) is 1. The number of rotatable bonds is 10. The van der Waals surface area contributed by atoms with Crippen molar-refractivity contribution in [3.8, 4) is 5.75 Å². The average molecular weight is 277 g/mol. The summed E-state index contributed by atoms with van der Waals surface area (Å²) in [5.74, 6) is 2.50. The third-order valence-electron chi connectivity index (χ3n) is 4.22. The van der Waals surface area contributed by atoms with Gasteiger partial charge in [0.05, 0.1) is 7.11 Å². The number of hydrogen-bond acceptors (Lipinski definition) is 2. The molecule has 1 unspecified atom stereocenters. The van der Waals surface area contributed by atoms with Crippen molar-refractivity contribution in [3.05, 3.63) is 29.8 Å². The van der Waals surface area contributed by atoms with Crippen LogP contribution in [0.3, 0.4) is 0 Å². The van der Waals surface area contributed by atoms with E-state index in [2.05, 4.69) is 44.3 Å². The molecule has 1 N–H and O–H groups in total. The summed E-state index contributed by atoms with van der Waals surface area (Å²) >= 11 is 0. The quantitative estimate of drug-likeness (QED) is 0.644. The van der Waals surface area contributed by atoms with Gasteiger partial charge in [0, 0.05) is 0 Å². The standard InChI is InChI=1S/C18H31NO/c1-5-12-19-14-17(15(6-2)7-3)13-16-10-8-9-11-18(16)20-4/h8-11,15,17,19H,5-7,12-14H2,1-4H3. The van der Waals surface area contributed by atoms with E-state index in [4.69, 9.17) is 4.74 Å². The molecule has 0 fully saturated rings. The number of ether oxygens (including phenoxy) is 1. The Bertz CT molecular complexity index is 360. The van der Waals surface area contributed by atoms with Crippen molar-refractivity contribution < 1.29 is 4.74 Å². The summed E-state index contributed by atoms with van der Waals surface area (Å²) in [5, 5.41) is 3.60. The van der Waals surface area contributed by atoms with Gasteiger partial charge in [-0.3, -0.25) is 0 Å². The molecule has 1 aromatic rings. The minimum atomic E-state index is 0.688. The second-order valence-corrected chi connectivity index (χ2v) is 5.56. The van der Waals surface area contributed by atoms with Gasteiger partial charge in [-0.05, 0) is 49.4 Å². The van der Waals surface area contributed by atoms with Crippen LogP contribution >= 0.6 is 0 Å². The lowest BCUT2D eigenvalue weighted by Gasteiger charge is -2.26. The summed E-state index contributed by atoms with van der Waals surface area (Å²) in [6.45, 7) is 9.06. The maximum atomic E-state index is 5.50. The Balaban J connectivity index is 2.76. The zero-order chi connectivity index (χ0) is 14.8. The summed E-state index contributed by atoms with van der Waals surface area (Å²) in [7, 11) is 1.76. The lowest BCUT2D eigenvalue weighted by atomic mass is 9.83. The summed E-state index contributed by atoms with van der Waals surface area (Å²) in [5.41, 5.74) is 1.34. The van der Waals surface area contributed by atoms with Gasteiger partial charge in [-0.2, -0.15) is 0 Å². The second kappa shape index (κ2) is 9.82. The van der Waals surface area contributed by atoms with E-state index in [9.17, 15) is 0 Å². The lowest BCUT2D eigenvalue weighted by Crippen LogP contribution is -2.30. The highest BCUT2D eigenvalue weighted by atomic mass is 16.5. The smallest absolute Gasteiger partial charge is 0.122 e. The molecule has 2 heteroatoms. The summed E-state index contributed by atoms with van der Waals surface area (Å²) < 4.78 is 5.50. The van der Waals surface area contributed by atoms with Gasteiger partial charge >= 0.3 is 0 Å². The fourth-order valence-electron chi connectivity index (χ4n) is 2.98. The topological polar surface area (TPSA) is 21.3 Å². The van der Waals surface area contributed by atoms with Gasteiger partial charge in [-0.1, -0.05) is 51.8 Å². The molecule has 0 radical (unpaired) electrons. The van der Waals surface area contributed by atoms with E-state index < -0.39 is 0 Å². The number of methoxy groups -OCH3 is 1. The van der Waals surface area contributed by atoms with Crippen LogP contribution in [0.4, 0.5) is 0 Å². The highest BCUT2D eigenvalue weighted by Crippen LogP contribution is 2.27. The Morgan fingerprint density at radius 1 is 1.05 bits per heavy atom. The molecule has 1 aromatic carbocycles. The van der Waals surface area contributed by atoms with Gasteiger partial charge in [0.2, 0.25) is 0 Å². The molecule has 1 atom stereocenters. The molecule has 0 heterocycles. The predicted molar refractivity (Wildman–Crippen MR) is 87.4 cm³/mol. The predicted octanol–water partition coefficient (Wildman–Crippen LogP) is 4.29. The van der Waals surface area contributed by atoms with Crippen LogP contribution in [-0.4, -0.2) is 20.2 Å².